The van der Waals surface area contributed by atoms with Gasteiger partial charge in [0, 0.05) is 38.4 Å². The first-order valence-corrected chi connectivity index (χ1v) is 8.84. The summed E-state index contributed by atoms with van der Waals surface area (Å²) in [4.78, 5) is 6.48. The normalized spacial score (nSPS) is 22.9. The molecule has 0 radical (unpaired) electrons. The Morgan fingerprint density at radius 3 is 2.82 bits per heavy atom. The average molecular weight is 510 g/mol. The van der Waals surface area contributed by atoms with Crippen LogP contribution in [0.5, 0.6) is 0 Å². The van der Waals surface area contributed by atoms with Crippen molar-refractivity contribution in [2.75, 3.05) is 33.4 Å². The summed E-state index contributed by atoms with van der Waals surface area (Å²) in [6.45, 7) is 3.55. The molecule has 154 valence electrons. The molecule has 0 bridgehead atoms. The van der Waals surface area contributed by atoms with Crippen molar-refractivity contribution in [3.63, 3.8) is 0 Å². The lowest BCUT2D eigenvalue weighted by Crippen LogP contribution is -2.41. The second kappa shape index (κ2) is 8.01. The number of nitrogens with one attached hydrogen (secondary N) is 1. The molecule has 2 fully saturated rings. The first-order chi connectivity index (χ1) is 12.9. The van der Waals surface area contributed by atoms with E-state index in [0.29, 0.717) is 17.4 Å². The van der Waals surface area contributed by atoms with E-state index in [1.54, 1.807) is 7.05 Å². The van der Waals surface area contributed by atoms with E-state index in [0.717, 1.165) is 51.4 Å². The highest BCUT2D eigenvalue weighted by Gasteiger charge is 2.42. The Morgan fingerprint density at radius 1 is 1.32 bits per heavy atom. The van der Waals surface area contributed by atoms with E-state index in [4.69, 9.17) is 4.74 Å². The first kappa shape index (κ1) is 21.1. The van der Waals surface area contributed by atoms with Crippen LogP contribution < -0.4 is 5.32 Å². The van der Waals surface area contributed by atoms with Crippen LogP contribution in [-0.2, 0) is 17.5 Å². The van der Waals surface area contributed by atoms with Gasteiger partial charge >= 0.3 is 6.18 Å². The monoisotopic (exact) mass is 510 g/mol. The Balaban J connectivity index is 0.00000225. The van der Waals surface area contributed by atoms with Gasteiger partial charge in [0.2, 0.25) is 0 Å². The molecular weight excluding hydrogens is 488 g/mol. The molecule has 4 rings (SSSR count). The molecule has 0 aliphatic carbocycles. The summed E-state index contributed by atoms with van der Waals surface area (Å²) in [7, 11) is 1.70. The molecule has 0 amide bonds. The first-order valence-electron chi connectivity index (χ1n) is 8.84. The molecule has 1 N–H and O–H groups in total. The Bertz CT molecular complexity index is 862. The number of hydrogen-bond donors (Lipinski definition) is 1. The maximum atomic E-state index is 13.0. The van der Waals surface area contributed by atoms with Gasteiger partial charge < -0.3 is 15.0 Å². The molecule has 2 saturated heterocycles. The van der Waals surface area contributed by atoms with E-state index >= 15 is 0 Å². The summed E-state index contributed by atoms with van der Waals surface area (Å²) in [6, 6.07) is 2.33. The summed E-state index contributed by atoms with van der Waals surface area (Å²) >= 11 is 0. The van der Waals surface area contributed by atoms with E-state index in [1.165, 1.54) is 10.5 Å². The van der Waals surface area contributed by atoms with Crippen LogP contribution in [0.3, 0.4) is 0 Å². The largest absolute Gasteiger partial charge is 0.417 e. The zero-order valence-electron chi connectivity index (χ0n) is 15.4. The average Bonchev–Trinajstić information content (AvgIpc) is 3.36. The number of aromatic nitrogens is 3. The van der Waals surface area contributed by atoms with Gasteiger partial charge in [-0.3, -0.25) is 9.39 Å². The molecule has 0 saturated carbocycles. The van der Waals surface area contributed by atoms with E-state index in [9.17, 15) is 13.2 Å². The van der Waals surface area contributed by atoms with E-state index in [-0.39, 0.29) is 35.9 Å². The minimum absolute atomic E-state index is 0. The summed E-state index contributed by atoms with van der Waals surface area (Å²) in [5.41, 5.74) is -0.165. The molecule has 2 aromatic heterocycles. The smallest absolute Gasteiger partial charge is 0.381 e. The zero-order valence-corrected chi connectivity index (χ0v) is 17.7. The highest BCUT2D eigenvalue weighted by Crippen LogP contribution is 2.38. The van der Waals surface area contributed by atoms with Crippen LogP contribution in [0.4, 0.5) is 13.2 Å². The third kappa shape index (κ3) is 4.04. The number of pyridine rings is 1. The number of guanidine groups is 1. The Labute approximate surface area is 177 Å². The number of fused-ring (bicyclic) bond motifs is 1. The predicted octanol–water partition coefficient (Wildman–Crippen LogP) is 2.55. The number of nitrogens with zero attached hydrogens (tertiary/aromatic N) is 5. The van der Waals surface area contributed by atoms with Crippen LogP contribution in [0.15, 0.2) is 23.3 Å². The van der Waals surface area contributed by atoms with Gasteiger partial charge in [-0.1, -0.05) is 0 Å². The van der Waals surface area contributed by atoms with Crippen molar-refractivity contribution in [2.24, 2.45) is 10.4 Å². The Kier molecular flexibility index (Phi) is 6.03. The van der Waals surface area contributed by atoms with Crippen molar-refractivity contribution in [1.82, 2.24) is 24.8 Å². The number of rotatable bonds is 2. The number of aliphatic imine (C=N–C) groups is 1. The molecule has 4 heterocycles. The third-order valence-corrected chi connectivity index (χ3v) is 5.34. The minimum atomic E-state index is -4.41. The number of halogens is 4. The molecule has 0 aromatic carbocycles. The van der Waals surface area contributed by atoms with Crippen LogP contribution in [0.25, 0.3) is 5.65 Å². The number of likely N-dealkylation sites (tertiary alicyclic amines) is 1. The third-order valence-electron chi connectivity index (χ3n) is 5.34. The summed E-state index contributed by atoms with van der Waals surface area (Å²) < 4.78 is 45.8. The molecule has 1 atom stereocenters. The van der Waals surface area contributed by atoms with Gasteiger partial charge in [-0.25, -0.2) is 0 Å². The lowest BCUT2D eigenvalue weighted by molar-refractivity contribution is -0.137. The maximum absolute atomic E-state index is 13.0. The van der Waals surface area contributed by atoms with Crippen LogP contribution in [0.2, 0.25) is 0 Å². The van der Waals surface area contributed by atoms with Crippen molar-refractivity contribution in [1.29, 1.82) is 0 Å². The van der Waals surface area contributed by atoms with Crippen molar-refractivity contribution in [3.05, 3.63) is 29.7 Å². The number of hydrogen-bond acceptors (Lipinski definition) is 4. The standard InChI is InChI=1S/C17H21F3N6O.HI/c1-21-15(25-6-4-16(10-25)5-7-27-11-16)22-8-14-24-23-13-3-2-12(9-26(13)14)17(18,19)20;/h2-3,9H,4-8,10-11H2,1H3,(H,21,22);1H. The molecule has 2 aliphatic rings. The fourth-order valence-corrected chi connectivity index (χ4v) is 3.80. The second-order valence-corrected chi connectivity index (χ2v) is 7.13. The van der Waals surface area contributed by atoms with Gasteiger partial charge in [-0.05, 0) is 25.0 Å². The topological polar surface area (TPSA) is 67.0 Å². The summed E-state index contributed by atoms with van der Waals surface area (Å²) in [6.07, 6.45) is -1.28. The number of alkyl halides is 3. The summed E-state index contributed by atoms with van der Waals surface area (Å²) in [5, 5.41) is 11.1. The molecule has 28 heavy (non-hydrogen) atoms. The molecule has 7 nitrogen and oxygen atoms in total. The minimum Gasteiger partial charge on any atom is -0.381 e. The fraction of sp³-hybridized carbons (Fsp3) is 0.588. The lowest BCUT2D eigenvalue weighted by atomic mass is 9.87. The molecular formula is C17H22F3IN6O. The zero-order chi connectivity index (χ0) is 19.1. The molecule has 1 unspecified atom stereocenters. The highest BCUT2D eigenvalue weighted by atomic mass is 127. The van der Waals surface area contributed by atoms with E-state index < -0.39 is 11.7 Å². The van der Waals surface area contributed by atoms with Gasteiger partial charge in [0.05, 0.1) is 18.7 Å². The van der Waals surface area contributed by atoms with Gasteiger partial charge in [0.25, 0.3) is 0 Å². The van der Waals surface area contributed by atoms with Gasteiger partial charge in [0.15, 0.2) is 17.4 Å². The van der Waals surface area contributed by atoms with Crippen LogP contribution in [0.1, 0.15) is 24.2 Å². The quantitative estimate of drug-likeness (QED) is 0.383. The predicted molar refractivity (Wildman–Crippen MR) is 108 cm³/mol. The SMILES string of the molecule is CN=C(NCc1nnc2ccc(C(F)(F)F)cn12)N1CCC2(CCOC2)C1.I. The highest BCUT2D eigenvalue weighted by molar-refractivity contribution is 14.0. The fourth-order valence-electron chi connectivity index (χ4n) is 3.80. The van der Waals surface area contributed by atoms with Crippen LogP contribution >= 0.6 is 24.0 Å². The van der Waals surface area contributed by atoms with E-state index in [2.05, 4.69) is 25.4 Å². The molecule has 2 aliphatic heterocycles. The number of ether oxygens (including phenoxy) is 1. The molecule has 2 aromatic rings. The Morgan fingerprint density at radius 2 is 2.14 bits per heavy atom. The van der Waals surface area contributed by atoms with Crippen molar-refractivity contribution in [2.45, 2.75) is 25.6 Å². The molecule has 11 heteroatoms. The van der Waals surface area contributed by atoms with Crippen LogP contribution in [0, 0.1) is 5.41 Å². The second-order valence-electron chi connectivity index (χ2n) is 7.13. The van der Waals surface area contributed by atoms with Crippen molar-refractivity contribution < 1.29 is 17.9 Å². The van der Waals surface area contributed by atoms with Crippen molar-refractivity contribution >= 4 is 35.6 Å². The molecule has 1 spiro atoms. The van der Waals surface area contributed by atoms with Gasteiger partial charge in [-0.2, -0.15) is 13.2 Å². The maximum Gasteiger partial charge on any atom is 0.417 e. The lowest BCUT2D eigenvalue weighted by Gasteiger charge is -2.24. The van der Waals surface area contributed by atoms with Gasteiger partial charge in [-0.15, -0.1) is 34.2 Å². The van der Waals surface area contributed by atoms with Gasteiger partial charge in [0.1, 0.15) is 0 Å². The summed E-state index contributed by atoms with van der Waals surface area (Å²) in [5.74, 6) is 1.11. The van der Waals surface area contributed by atoms with E-state index in [1.807, 2.05) is 0 Å². The Hall–Kier alpha value is -1.63. The van der Waals surface area contributed by atoms with Crippen LogP contribution in [-0.4, -0.2) is 58.8 Å². The van der Waals surface area contributed by atoms with Crippen molar-refractivity contribution in [3.8, 4) is 0 Å².